The first kappa shape index (κ1) is 18.2. The van der Waals surface area contributed by atoms with E-state index in [1.165, 1.54) is 12.7 Å². The summed E-state index contributed by atoms with van der Waals surface area (Å²) in [6.07, 6.45) is 4.37. The van der Waals surface area contributed by atoms with Crippen LogP contribution in [0.15, 0.2) is 34.2 Å². The molecular weight excluding hydrogens is 338 g/mol. The number of likely N-dealkylation sites (tertiary alicyclic amines) is 1. The molecule has 1 aromatic carbocycles. The molecule has 2 fully saturated rings. The Balaban J connectivity index is 1.51. The van der Waals surface area contributed by atoms with Gasteiger partial charge in [-0.2, -0.15) is 0 Å². The number of guanidine groups is 1. The zero-order valence-corrected chi connectivity index (χ0v) is 15.8. The minimum Gasteiger partial charge on any atom is -0.381 e. The SMILES string of the molecule is CN=C(NCCc1ccc(S(C)(=O)=O)cc1)N1CCC2(CCOC2)C1. The third kappa shape index (κ3) is 4.33. The van der Waals surface area contributed by atoms with Gasteiger partial charge in [-0.15, -0.1) is 0 Å². The lowest BCUT2D eigenvalue weighted by Gasteiger charge is -2.25. The fraction of sp³-hybridized carbons (Fsp3) is 0.611. The first-order valence-corrected chi connectivity index (χ1v) is 10.6. The summed E-state index contributed by atoms with van der Waals surface area (Å²) >= 11 is 0. The monoisotopic (exact) mass is 365 g/mol. The van der Waals surface area contributed by atoms with Crippen LogP contribution >= 0.6 is 0 Å². The standard InChI is InChI=1S/C18H27N3O3S/c1-19-17(21-11-8-18(13-21)9-12-24-14-18)20-10-7-15-3-5-16(6-4-15)25(2,22)23/h3-6H,7-14H2,1-2H3,(H,19,20). The molecule has 0 aromatic heterocycles. The summed E-state index contributed by atoms with van der Waals surface area (Å²) in [5, 5.41) is 3.43. The number of sulfone groups is 1. The molecule has 2 saturated heterocycles. The molecule has 6 nitrogen and oxygen atoms in total. The number of ether oxygens (including phenoxy) is 1. The van der Waals surface area contributed by atoms with Crippen molar-refractivity contribution in [3.8, 4) is 0 Å². The quantitative estimate of drug-likeness (QED) is 0.644. The lowest BCUT2D eigenvalue weighted by atomic mass is 9.87. The second-order valence-electron chi connectivity index (χ2n) is 7.11. The van der Waals surface area contributed by atoms with Gasteiger partial charge in [0.2, 0.25) is 0 Å². The van der Waals surface area contributed by atoms with E-state index in [4.69, 9.17) is 4.74 Å². The van der Waals surface area contributed by atoms with Crippen LogP contribution in [0.25, 0.3) is 0 Å². The van der Waals surface area contributed by atoms with E-state index in [1.54, 1.807) is 12.1 Å². The van der Waals surface area contributed by atoms with Crippen LogP contribution in [0.3, 0.4) is 0 Å². The van der Waals surface area contributed by atoms with E-state index in [-0.39, 0.29) is 0 Å². The molecule has 7 heteroatoms. The van der Waals surface area contributed by atoms with Gasteiger partial charge in [-0.3, -0.25) is 4.99 Å². The van der Waals surface area contributed by atoms with Crippen molar-refractivity contribution < 1.29 is 13.2 Å². The third-order valence-corrected chi connectivity index (χ3v) is 6.31. The van der Waals surface area contributed by atoms with Gasteiger partial charge in [-0.25, -0.2) is 8.42 Å². The number of nitrogens with one attached hydrogen (secondary N) is 1. The van der Waals surface area contributed by atoms with Gasteiger partial charge in [0.1, 0.15) is 0 Å². The van der Waals surface area contributed by atoms with Crippen molar-refractivity contribution in [3.05, 3.63) is 29.8 Å². The highest BCUT2D eigenvalue weighted by atomic mass is 32.2. The fourth-order valence-electron chi connectivity index (χ4n) is 3.64. The van der Waals surface area contributed by atoms with Crippen LogP contribution in [0.1, 0.15) is 18.4 Å². The van der Waals surface area contributed by atoms with E-state index in [0.29, 0.717) is 10.3 Å². The van der Waals surface area contributed by atoms with Crippen LogP contribution in [0.5, 0.6) is 0 Å². The normalized spacial score (nSPS) is 24.2. The van der Waals surface area contributed by atoms with Crippen molar-refractivity contribution in [2.45, 2.75) is 24.2 Å². The van der Waals surface area contributed by atoms with Crippen molar-refractivity contribution in [3.63, 3.8) is 0 Å². The minimum atomic E-state index is -3.13. The second-order valence-corrected chi connectivity index (χ2v) is 9.13. The van der Waals surface area contributed by atoms with Gasteiger partial charge < -0.3 is 15.0 Å². The fourth-order valence-corrected chi connectivity index (χ4v) is 4.27. The summed E-state index contributed by atoms with van der Waals surface area (Å²) in [5.41, 5.74) is 1.43. The Morgan fingerprint density at radius 2 is 2.08 bits per heavy atom. The number of rotatable bonds is 4. The average Bonchev–Trinajstić information content (AvgIpc) is 3.22. The molecule has 2 aliphatic rings. The van der Waals surface area contributed by atoms with Gasteiger partial charge in [0.25, 0.3) is 0 Å². The summed E-state index contributed by atoms with van der Waals surface area (Å²) in [7, 11) is -1.31. The van der Waals surface area contributed by atoms with Gasteiger partial charge in [0, 0.05) is 45.0 Å². The Hall–Kier alpha value is -1.60. The first-order chi connectivity index (χ1) is 11.9. The summed E-state index contributed by atoms with van der Waals surface area (Å²) < 4.78 is 28.6. The zero-order chi connectivity index (χ0) is 17.9. The van der Waals surface area contributed by atoms with Crippen LogP contribution in [0.2, 0.25) is 0 Å². The summed E-state index contributed by atoms with van der Waals surface area (Å²) in [4.78, 5) is 7.10. The van der Waals surface area contributed by atoms with Gasteiger partial charge in [0.15, 0.2) is 15.8 Å². The maximum absolute atomic E-state index is 11.5. The van der Waals surface area contributed by atoms with Crippen LogP contribution in [0, 0.1) is 5.41 Å². The van der Waals surface area contributed by atoms with E-state index in [1.807, 2.05) is 19.2 Å². The Morgan fingerprint density at radius 3 is 2.68 bits per heavy atom. The van der Waals surface area contributed by atoms with Crippen molar-refractivity contribution in [2.24, 2.45) is 10.4 Å². The molecule has 1 atom stereocenters. The van der Waals surface area contributed by atoms with E-state index in [0.717, 1.165) is 57.2 Å². The van der Waals surface area contributed by atoms with Gasteiger partial charge in [0.05, 0.1) is 11.5 Å². The molecule has 25 heavy (non-hydrogen) atoms. The first-order valence-electron chi connectivity index (χ1n) is 8.74. The molecule has 1 aromatic rings. The smallest absolute Gasteiger partial charge is 0.193 e. The molecule has 0 saturated carbocycles. The minimum absolute atomic E-state index is 0.319. The number of nitrogens with zero attached hydrogens (tertiary/aromatic N) is 2. The van der Waals surface area contributed by atoms with Crippen LogP contribution in [-0.4, -0.2) is 65.4 Å². The van der Waals surface area contributed by atoms with E-state index in [2.05, 4.69) is 15.2 Å². The Labute approximate surface area is 150 Å². The van der Waals surface area contributed by atoms with Crippen LogP contribution in [-0.2, 0) is 21.0 Å². The number of aliphatic imine (C=N–C) groups is 1. The predicted molar refractivity (Wildman–Crippen MR) is 98.7 cm³/mol. The summed E-state index contributed by atoms with van der Waals surface area (Å²) in [6.45, 7) is 4.54. The number of benzene rings is 1. The van der Waals surface area contributed by atoms with Crippen LogP contribution in [0.4, 0.5) is 0 Å². The van der Waals surface area contributed by atoms with Crippen molar-refractivity contribution in [1.29, 1.82) is 0 Å². The van der Waals surface area contributed by atoms with E-state index < -0.39 is 9.84 Å². The molecule has 1 spiro atoms. The second kappa shape index (κ2) is 7.33. The molecule has 0 bridgehead atoms. The van der Waals surface area contributed by atoms with Gasteiger partial charge in [-0.1, -0.05) is 12.1 Å². The molecular formula is C18H27N3O3S. The Kier molecular flexibility index (Phi) is 5.34. The van der Waals surface area contributed by atoms with Gasteiger partial charge in [-0.05, 0) is 37.0 Å². The van der Waals surface area contributed by atoms with Crippen molar-refractivity contribution in [2.75, 3.05) is 46.2 Å². The molecule has 0 radical (unpaired) electrons. The zero-order valence-electron chi connectivity index (χ0n) is 15.0. The van der Waals surface area contributed by atoms with E-state index in [9.17, 15) is 8.42 Å². The highest BCUT2D eigenvalue weighted by Gasteiger charge is 2.42. The molecule has 1 N–H and O–H groups in total. The highest BCUT2D eigenvalue weighted by molar-refractivity contribution is 7.90. The van der Waals surface area contributed by atoms with Gasteiger partial charge >= 0.3 is 0 Å². The lowest BCUT2D eigenvalue weighted by molar-refractivity contribution is 0.156. The number of hydrogen-bond acceptors (Lipinski definition) is 4. The predicted octanol–water partition coefficient (Wildman–Crippen LogP) is 1.32. The largest absolute Gasteiger partial charge is 0.381 e. The van der Waals surface area contributed by atoms with Crippen molar-refractivity contribution >= 4 is 15.8 Å². The molecule has 2 aliphatic heterocycles. The maximum Gasteiger partial charge on any atom is 0.193 e. The lowest BCUT2D eigenvalue weighted by Crippen LogP contribution is -2.42. The third-order valence-electron chi connectivity index (χ3n) is 5.18. The summed E-state index contributed by atoms with van der Waals surface area (Å²) in [6, 6.07) is 7.09. The van der Waals surface area contributed by atoms with Crippen molar-refractivity contribution in [1.82, 2.24) is 10.2 Å². The molecule has 138 valence electrons. The topological polar surface area (TPSA) is 71.0 Å². The maximum atomic E-state index is 11.5. The molecule has 3 rings (SSSR count). The Bertz CT molecular complexity index is 722. The molecule has 2 heterocycles. The van der Waals surface area contributed by atoms with Crippen LogP contribution < -0.4 is 5.32 Å². The molecule has 1 unspecified atom stereocenters. The van der Waals surface area contributed by atoms with E-state index >= 15 is 0 Å². The highest BCUT2D eigenvalue weighted by Crippen LogP contribution is 2.38. The summed E-state index contributed by atoms with van der Waals surface area (Å²) in [5.74, 6) is 0.941. The molecule has 0 amide bonds. The average molecular weight is 365 g/mol. The molecule has 0 aliphatic carbocycles. The number of hydrogen-bond donors (Lipinski definition) is 1. The Morgan fingerprint density at radius 1 is 1.32 bits per heavy atom.